The normalized spacial score (nSPS) is 22.9. The van der Waals surface area contributed by atoms with Gasteiger partial charge in [0.25, 0.3) is 5.91 Å². The maximum atomic E-state index is 12.3. The number of hydrogen-bond donors (Lipinski definition) is 2. The predicted octanol–water partition coefficient (Wildman–Crippen LogP) is 1.01. The Morgan fingerprint density at radius 3 is 2.86 bits per heavy atom. The summed E-state index contributed by atoms with van der Waals surface area (Å²) in [5.74, 6) is 0.832. The standard InChI is InChI=1S/C14H23N5OS/c1-18-7-4-10(9-18)8-16-13(20)11-12(15)17-14(21-11)19-5-2-3-6-19/h10H,2-9,15H2,1H3,(H,16,20). The molecule has 0 radical (unpaired) electrons. The van der Waals surface area contributed by atoms with Gasteiger partial charge in [-0.2, -0.15) is 0 Å². The number of hydrogen-bond acceptors (Lipinski definition) is 6. The maximum absolute atomic E-state index is 12.3. The number of rotatable bonds is 4. The van der Waals surface area contributed by atoms with Crippen LogP contribution in [0.1, 0.15) is 28.9 Å². The van der Waals surface area contributed by atoms with Crippen LogP contribution in [0.3, 0.4) is 0 Å². The second-order valence-corrected chi connectivity index (χ2v) is 7.01. The third-order valence-corrected chi connectivity index (χ3v) is 5.40. The summed E-state index contributed by atoms with van der Waals surface area (Å²) in [6, 6.07) is 0. The first kappa shape index (κ1) is 14.6. The number of carbonyl (C=O) groups is 1. The Hall–Kier alpha value is -1.34. The van der Waals surface area contributed by atoms with Crippen LogP contribution in [-0.4, -0.2) is 55.6 Å². The number of nitrogen functional groups attached to an aromatic ring is 1. The van der Waals surface area contributed by atoms with Crippen molar-refractivity contribution in [2.45, 2.75) is 19.3 Å². The molecule has 1 aromatic heterocycles. The number of thiazole rings is 1. The van der Waals surface area contributed by atoms with Gasteiger partial charge < -0.3 is 20.9 Å². The minimum Gasteiger partial charge on any atom is -0.382 e. The van der Waals surface area contributed by atoms with Crippen molar-refractivity contribution in [1.82, 2.24) is 15.2 Å². The van der Waals surface area contributed by atoms with Crippen molar-refractivity contribution < 1.29 is 4.79 Å². The van der Waals surface area contributed by atoms with Gasteiger partial charge >= 0.3 is 0 Å². The quantitative estimate of drug-likeness (QED) is 0.868. The molecule has 3 N–H and O–H groups in total. The minimum absolute atomic E-state index is 0.0787. The molecule has 2 fully saturated rings. The summed E-state index contributed by atoms with van der Waals surface area (Å²) in [7, 11) is 2.12. The Bertz CT molecular complexity index is 511. The van der Waals surface area contributed by atoms with Gasteiger partial charge in [0, 0.05) is 26.2 Å². The number of nitrogens with one attached hydrogen (secondary N) is 1. The predicted molar refractivity (Wildman–Crippen MR) is 85.9 cm³/mol. The minimum atomic E-state index is -0.0787. The van der Waals surface area contributed by atoms with Crippen molar-refractivity contribution in [2.75, 3.05) is 50.4 Å². The van der Waals surface area contributed by atoms with E-state index in [1.165, 1.54) is 24.2 Å². The molecule has 116 valence electrons. The van der Waals surface area contributed by atoms with Gasteiger partial charge in [0.15, 0.2) is 5.13 Å². The van der Waals surface area contributed by atoms with Gasteiger partial charge in [-0.3, -0.25) is 4.79 Å². The lowest BCUT2D eigenvalue weighted by atomic mass is 10.1. The molecule has 3 heterocycles. The van der Waals surface area contributed by atoms with Crippen LogP contribution >= 0.6 is 11.3 Å². The molecule has 2 saturated heterocycles. The molecule has 0 aliphatic carbocycles. The molecule has 0 spiro atoms. The van der Waals surface area contributed by atoms with Crippen LogP contribution in [0.4, 0.5) is 10.9 Å². The average Bonchev–Trinajstić information content (AvgIpc) is 3.16. The number of nitrogens with zero attached hydrogens (tertiary/aromatic N) is 3. The Balaban J connectivity index is 1.59. The molecule has 6 nitrogen and oxygen atoms in total. The zero-order valence-electron chi connectivity index (χ0n) is 12.5. The van der Waals surface area contributed by atoms with Crippen LogP contribution in [0.5, 0.6) is 0 Å². The Morgan fingerprint density at radius 1 is 1.43 bits per heavy atom. The van der Waals surface area contributed by atoms with E-state index in [1.807, 2.05) is 0 Å². The van der Waals surface area contributed by atoms with Crippen LogP contribution < -0.4 is 16.0 Å². The lowest BCUT2D eigenvalue weighted by Crippen LogP contribution is -2.30. The van der Waals surface area contributed by atoms with Gasteiger partial charge in [0.05, 0.1) is 0 Å². The molecule has 0 aromatic carbocycles. The van der Waals surface area contributed by atoms with E-state index in [0.29, 0.717) is 16.6 Å². The van der Waals surface area contributed by atoms with E-state index in [2.05, 4.69) is 27.1 Å². The molecule has 1 aromatic rings. The molecule has 2 aliphatic rings. The van der Waals surface area contributed by atoms with Crippen LogP contribution in [-0.2, 0) is 0 Å². The molecular formula is C14H23N5OS. The second kappa shape index (κ2) is 6.19. The highest BCUT2D eigenvalue weighted by atomic mass is 32.1. The van der Waals surface area contributed by atoms with Crippen LogP contribution in [0.25, 0.3) is 0 Å². The van der Waals surface area contributed by atoms with Crippen molar-refractivity contribution in [3.63, 3.8) is 0 Å². The molecule has 1 atom stereocenters. The molecule has 7 heteroatoms. The molecule has 3 rings (SSSR count). The fourth-order valence-corrected chi connectivity index (χ4v) is 3.99. The number of carbonyl (C=O) groups excluding carboxylic acids is 1. The lowest BCUT2D eigenvalue weighted by molar-refractivity contribution is 0.0952. The van der Waals surface area contributed by atoms with Gasteiger partial charge in [0.1, 0.15) is 10.7 Å². The largest absolute Gasteiger partial charge is 0.382 e. The summed E-state index contributed by atoms with van der Waals surface area (Å²) < 4.78 is 0. The van der Waals surface area contributed by atoms with Gasteiger partial charge in [-0.05, 0) is 38.8 Å². The molecule has 21 heavy (non-hydrogen) atoms. The van der Waals surface area contributed by atoms with Crippen LogP contribution in [0, 0.1) is 5.92 Å². The van der Waals surface area contributed by atoms with Gasteiger partial charge in [-0.1, -0.05) is 11.3 Å². The average molecular weight is 309 g/mol. The summed E-state index contributed by atoms with van der Waals surface area (Å²) in [5.41, 5.74) is 5.92. The lowest BCUT2D eigenvalue weighted by Gasteiger charge is -2.12. The van der Waals surface area contributed by atoms with E-state index >= 15 is 0 Å². The SMILES string of the molecule is CN1CCC(CNC(=O)c2sc(N3CCCC3)nc2N)C1. The van der Waals surface area contributed by atoms with E-state index in [-0.39, 0.29) is 5.91 Å². The summed E-state index contributed by atoms with van der Waals surface area (Å²) in [4.78, 5) is 21.7. The Morgan fingerprint density at radius 2 is 2.19 bits per heavy atom. The van der Waals surface area contributed by atoms with Crippen molar-refractivity contribution in [3.8, 4) is 0 Å². The fourth-order valence-electron chi connectivity index (χ4n) is 3.04. The Kier molecular flexibility index (Phi) is 4.30. The smallest absolute Gasteiger partial charge is 0.265 e. The molecule has 1 amide bonds. The molecule has 0 saturated carbocycles. The second-order valence-electron chi connectivity index (χ2n) is 6.03. The van der Waals surface area contributed by atoms with E-state index < -0.39 is 0 Å². The van der Waals surface area contributed by atoms with Crippen molar-refractivity contribution in [1.29, 1.82) is 0 Å². The summed E-state index contributed by atoms with van der Waals surface area (Å²) >= 11 is 1.42. The van der Waals surface area contributed by atoms with Gasteiger partial charge in [-0.15, -0.1) is 0 Å². The van der Waals surface area contributed by atoms with E-state index in [0.717, 1.165) is 44.3 Å². The highest BCUT2D eigenvalue weighted by molar-refractivity contribution is 7.18. The number of anilines is 2. The summed E-state index contributed by atoms with van der Waals surface area (Å²) in [5, 5.41) is 3.90. The zero-order valence-corrected chi connectivity index (χ0v) is 13.3. The number of amides is 1. The van der Waals surface area contributed by atoms with E-state index in [4.69, 9.17) is 5.73 Å². The summed E-state index contributed by atoms with van der Waals surface area (Å²) in [6.45, 7) is 4.92. The highest BCUT2D eigenvalue weighted by Crippen LogP contribution is 2.30. The van der Waals surface area contributed by atoms with Crippen LogP contribution in [0.15, 0.2) is 0 Å². The fraction of sp³-hybridized carbons (Fsp3) is 0.714. The number of likely N-dealkylation sites (tertiary alicyclic amines) is 1. The van der Waals surface area contributed by atoms with Crippen molar-refractivity contribution in [3.05, 3.63) is 4.88 Å². The molecular weight excluding hydrogens is 286 g/mol. The number of aromatic nitrogens is 1. The van der Waals surface area contributed by atoms with E-state index in [9.17, 15) is 4.79 Å². The van der Waals surface area contributed by atoms with Gasteiger partial charge in [-0.25, -0.2) is 4.98 Å². The molecule has 1 unspecified atom stereocenters. The first-order valence-electron chi connectivity index (χ1n) is 7.61. The Labute approximate surface area is 129 Å². The zero-order chi connectivity index (χ0) is 14.8. The van der Waals surface area contributed by atoms with Gasteiger partial charge in [0.2, 0.25) is 0 Å². The van der Waals surface area contributed by atoms with Crippen LogP contribution in [0.2, 0.25) is 0 Å². The summed E-state index contributed by atoms with van der Waals surface area (Å²) in [6.07, 6.45) is 3.53. The number of nitrogens with two attached hydrogens (primary N) is 1. The third-order valence-electron chi connectivity index (χ3n) is 4.27. The third kappa shape index (κ3) is 3.29. The van der Waals surface area contributed by atoms with Crippen molar-refractivity contribution >= 4 is 28.2 Å². The first-order valence-corrected chi connectivity index (χ1v) is 8.43. The molecule has 2 aliphatic heterocycles. The topological polar surface area (TPSA) is 74.5 Å². The van der Waals surface area contributed by atoms with Crippen molar-refractivity contribution in [2.24, 2.45) is 5.92 Å². The highest BCUT2D eigenvalue weighted by Gasteiger charge is 2.23. The molecule has 0 bridgehead atoms. The monoisotopic (exact) mass is 309 g/mol. The first-order chi connectivity index (χ1) is 10.1. The van der Waals surface area contributed by atoms with E-state index in [1.54, 1.807) is 0 Å². The maximum Gasteiger partial charge on any atom is 0.265 e.